The van der Waals surface area contributed by atoms with E-state index in [9.17, 15) is 4.79 Å². The Kier molecular flexibility index (Phi) is 7.46. The van der Waals surface area contributed by atoms with E-state index in [1.807, 2.05) is 18.2 Å². The van der Waals surface area contributed by atoms with E-state index in [1.165, 1.54) is 0 Å². The van der Waals surface area contributed by atoms with Crippen LogP contribution in [0, 0.1) is 0 Å². The Labute approximate surface area is 162 Å². The first kappa shape index (κ1) is 20.1. The zero-order chi connectivity index (χ0) is 19.1. The van der Waals surface area contributed by atoms with Crippen molar-refractivity contribution in [2.45, 2.75) is 32.6 Å². The molecule has 0 aliphatic carbocycles. The lowest BCUT2D eigenvalue weighted by molar-refractivity contribution is -0.0704. The number of morpholine rings is 2. The topological polar surface area (TPSA) is 66.1 Å². The van der Waals surface area contributed by atoms with E-state index in [1.54, 1.807) is 0 Å². The third kappa shape index (κ3) is 6.46. The number of carbonyl (C=O) groups is 1. The Balaban J connectivity index is 1.48. The molecular weight excluding hydrogens is 344 g/mol. The fourth-order valence-corrected chi connectivity index (χ4v) is 3.75. The van der Waals surface area contributed by atoms with Gasteiger partial charge in [0.25, 0.3) is 0 Å². The molecule has 2 aliphatic rings. The standard InChI is InChI=1S/C20H32N4O3/c1-16-13-24(14-17(2)27-16)15-18-5-3-4-6-19(18)22-20(25)21-7-8-23-9-11-26-12-10-23/h3-6,16-17H,7-15H2,1-2H3,(H2,21,22,25). The van der Waals surface area contributed by atoms with Crippen LogP contribution < -0.4 is 10.6 Å². The fourth-order valence-electron chi connectivity index (χ4n) is 3.75. The molecule has 0 saturated carbocycles. The minimum atomic E-state index is -0.153. The number of urea groups is 1. The number of amides is 2. The highest BCUT2D eigenvalue weighted by molar-refractivity contribution is 5.90. The number of hydrogen-bond donors (Lipinski definition) is 2. The van der Waals surface area contributed by atoms with E-state index in [2.05, 4.69) is 40.3 Å². The molecular formula is C20H32N4O3. The lowest BCUT2D eigenvalue weighted by Crippen LogP contribution is -2.45. The van der Waals surface area contributed by atoms with Gasteiger partial charge in [0.1, 0.15) is 0 Å². The minimum absolute atomic E-state index is 0.153. The maximum Gasteiger partial charge on any atom is 0.319 e. The Morgan fingerprint density at radius 2 is 1.81 bits per heavy atom. The summed E-state index contributed by atoms with van der Waals surface area (Å²) in [5, 5.41) is 5.97. The van der Waals surface area contributed by atoms with Gasteiger partial charge in [0, 0.05) is 51.5 Å². The molecule has 2 atom stereocenters. The van der Waals surface area contributed by atoms with Gasteiger partial charge < -0.3 is 20.1 Å². The largest absolute Gasteiger partial charge is 0.379 e. The zero-order valence-electron chi connectivity index (χ0n) is 16.4. The van der Waals surface area contributed by atoms with Gasteiger partial charge in [-0.3, -0.25) is 9.80 Å². The van der Waals surface area contributed by atoms with Gasteiger partial charge in [0.2, 0.25) is 0 Å². The highest BCUT2D eigenvalue weighted by Gasteiger charge is 2.22. The summed E-state index contributed by atoms with van der Waals surface area (Å²) in [6.45, 7) is 11.7. The van der Waals surface area contributed by atoms with Crippen LogP contribution in [-0.4, -0.2) is 80.5 Å². The molecule has 2 saturated heterocycles. The molecule has 0 spiro atoms. The fraction of sp³-hybridized carbons (Fsp3) is 0.650. The van der Waals surface area contributed by atoms with Crippen LogP contribution in [0.2, 0.25) is 0 Å². The van der Waals surface area contributed by atoms with Crippen LogP contribution in [0.1, 0.15) is 19.4 Å². The smallest absolute Gasteiger partial charge is 0.319 e. The van der Waals surface area contributed by atoms with Crippen molar-refractivity contribution < 1.29 is 14.3 Å². The van der Waals surface area contributed by atoms with Gasteiger partial charge >= 0.3 is 6.03 Å². The van der Waals surface area contributed by atoms with Crippen molar-refractivity contribution in [1.29, 1.82) is 0 Å². The first-order chi connectivity index (χ1) is 13.1. The maximum atomic E-state index is 12.3. The van der Waals surface area contributed by atoms with Crippen LogP contribution in [0.3, 0.4) is 0 Å². The number of benzene rings is 1. The molecule has 0 radical (unpaired) electrons. The third-order valence-electron chi connectivity index (χ3n) is 4.97. The van der Waals surface area contributed by atoms with Crippen molar-refractivity contribution >= 4 is 11.7 Å². The second kappa shape index (κ2) is 10.0. The molecule has 150 valence electrons. The van der Waals surface area contributed by atoms with Crippen LogP contribution in [0.25, 0.3) is 0 Å². The summed E-state index contributed by atoms with van der Waals surface area (Å²) in [7, 11) is 0. The van der Waals surface area contributed by atoms with Gasteiger partial charge in [-0.1, -0.05) is 18.2 Å². The number of ether oxygens (including phenoxy) is 2. The summed E-state index contributed by atoms with van der Waals surface area (Å²) in [4.78, 5) is 17.0. The molecule has 27 heavy (non-hydrogen) atoms. The Morgan fingerprint density at radius 3 is 2.56 bits per heavy atom. The highest BCUT2D eigenvalue weighted by Crippen LogP contribution is 2.20. The summed E-state index contributed by atoms with van der Waals surface area (Å²) in [6, 6.07) is 7.86. The van der Waals surface area contributed by atoms with E-state index in [0.717, 1.165) is 63.7 Å². The molecule has 2 fully saturated rings. The average molecular weight is 377 g/mol. The number of nitrogens with one attached hydrogen (secondary N) is 2. The number of carbonyl (C=O) groups excluding carboxylic acids is 1. The molecule has 0 bridgehead atoms. The molecule has 7 heteroatoms. The molecule has 2 heterocycles. The van der Waals surface area contributed by atoms with Crippen molar-refractivity contribution in [2.24, 2.45) is 0 Å². The third-order valence-corrected chi connectivity index (χ3v) is 4.97. The van der Waals surface area contributed by atoms with Crippen LogP contribution in [0.4, 0.5) is 10.5 Å². The molecule has 2 unspecified atom stereocenters. The predicted molar refractivity (Wildman–Crippen MR) is 106 cm³/mol. The number of hydrogen-bond acceptors (Lipinski definition) is 5. The molecule has 3 rings (SSSR count). The lowest BCUT2D eigenvalue weighted by atomic mass is 10.1. The van der Waals surface area contributed by atoms with Gasteiger partial charge in [-0.05, 0) is 25.5 Å². The van der Waals surface area contributed by atoms with Crippen molar-refractivity contribution in [3.63, 3.8) is 0 Å². The van der Waals surface area contributed by atoms with E-state index in [4.69, 9.17) is 9.47 Å². The summed E-state index contributed by atoms with van der Waals surface area (Å²) in [5.74, 6) is 0. The van der Waals surface area contributed by atoms with E-state index in [0.29, 0.717) is 6.54 Å². The normalized spacial score (nSPS) is 24.5. The maximum absolute atomic E-state index is 12.3. The summed E-state index contributed by atoms with van der Waals surface area (Å²) in [5.41, 5.74) is 2.00. The van der Waals surface area contributed by atoms with Crippen molar-refractivity contribution in [1.82, 2.24) is 15.1 Å². The van der Waals surface area contributed by atoms with Crippen LogP contribution >= 0.6 is 0 Å². The van der Waals surface area contributed by atoms with Crippen LogP contribution in [-0.2, 0) is 16.0 Å². The average Bonchev–Trinajstić information content (AvgIpc) is 2.63. The molecule has 0 aromatic heterocycles. The van der Waals surface area contributed by atoms with Gasteiger partial charge in [-0.15, -0.1) is 0 Å². The van der Waals surface area contributed by atoms with E-state index in [-0.39, 0.29) is 18.2 Å². The molecule has 2 amide bonds. The van der Waals surface area contributed by atoms with Crippen LogP contribution in [0.5, 0.6) is 0 Å². The monoisotopic (exact) mass is 376 g/mol. The molecule has 7 nitrogen and oxygen atoms in total. The van der Waals surface area contributed by atoms with E-state index >= 15 is 0 Å². The molecule has 2 aliphatic heterocycles. The second-order valence-electron chi connectivity index (χ2n) is 7.44. The van der Waals surface area contributed by atoms with Crippen LogP contribution in [0.15, 0.2) is 24.3 Å². The first-order valence-corrected chi connectivity index (χ1v) is 9.91. The molecule has 1 aromatic rings. The predicted octanol–water partition coefficient (Wildman–Crippen LogP) is 1.75. The Bertz CT molecular complexity index is 597. The summed E-state index contributed by atoms with van der Waals surface area (Å²) < 4.78 is 11.2. The number of rotatable bonds is 6. The van der Waals surface area contributed by atoms with Gasteiger partial charge in [-0.2, -0.15) is 0 Å². The lowest BCUT2D eigenvalue weighted by Gasteiger charge is -2.35. The van der Waals surface area contributed by atoms with E-state index < -0.39 is 0 Å². The van der Waals surface area contributed by atoms with Gasteiger partial charge in [-0.25, -0.2) is 4.79 Å². The number of para-hydroxylation sites is 1. The highest BCUT2D eigenvalue weighted by atomic mass is 16.5. The number of anilines is 1. The van der Waals surface area contributed by atoms with Crippen molar-refractivity contribution in [3.05, 3.63) is 29.8 Å². The Morgan fingerprint density at radius 1 is 1.11 bits per heavy atom. The number of nitrogens with zero attached hydrogens (tertiary/aromatic N) is 2. The second-order valence-corrected chi connectivity index (χ2v) is 7.44. The van der Waals surface area contributed by atoms with Gasteiger partial charge in [0.15, 0.2) is 0 Å². The van der Waals surface area contributed by atoms with Crippen molar-refractivity contribution in [2.75, 3.05) is 57.8 Å². The zero-order valence-corrected chi connectivity index (χ0v) is 16.4. The Hall–Kier alpha value is -1.67. The summed E-state index contributed by atoms with van der Waals surface area (Å²) in [6.07, 6.45) is 0.467. The minimum Gasteiger partial charge on any atom is -0.379 e. The molecule has 1 aromatic carbocycles. The quantitative estimate of drug-likeness (QED) is 0.792. The summed E-state index contributed by atoms with van der Waals surface area (Å²) >= 11 is 0. The van der Waals surface area contributed by atoms with Crippen molar-refractivity contribution in [3.8, 4) is 0 Å². The SMILES string of the molecule is CC1CN(Cc2ccccc2NC(=O)NCCN2CCOCC2)CC(C)O1. The first-order valence-electron chi connectivity index (χ1n) is 9.91. The molecule has 2 N–H and O–H groups in total. The van der Waals surface area contributed by atoms with Gasteiger partial charge in [0.05, 0.1) is 25.4 Å².